The number of hydrogen-bond donors (Lipinski definition) is 2. The number of carbonyl (C=O) groups excluding carboxylic acids is 1. The Balaban J connectivity index is 1.72. The number of aromatic nitrogens is 2. The fourth-order valence-electron chi connectivity index (χ4n) is 2.54. The molecule has 0 aliphatic rings. The van der Waals surface area contributed by atoms with Crippen LogP contribution in [0.5, 0.6) is 5.75 Å². The van der Waals surface area contributed by atoms with E-state index in [0.29, 0.717) is 0 Å². The molecule has 0 spiro atoms. The molecule has 24 heavy (non-hydrogen) atoms. The zero-order valence-corrected chi connectivity index (χ0v) is 13.6. The molecule has 1 amide bonds. The van der Waals surface area contributed by atoms with E-state index in [0.717, 1.165) is 16.8 Å². The fourth-order valence-corrected chi connectivity index (χ4v) is 2.54. The summed E-state index contributed by atoms with van der Waals surface area (Å²) < 4.78 is 1.91. The van der Waals surface area contributed by atoms with Crippen LogP contribution < -0.4 is 5.32 Å². The average Bonchev–Trinajstić information content (AvgIpc) is 3.09. The van der Waals surface area contributed by atoms with Crippen molar-refractivity contribution in [3.05, 3.63) is 77.9 Å². The Labute approximate surface area is 140 Å². The number of amides is 1. The van der Waals surface area contributed by atoms with Crippen LogP contribution in [0.2, 0.25) is 0 Å². The summed E-state index contributed by atoms with van der Waals surface area (Å²) in [7, 11) is 0. The fraction of sp³-hybridized carbons (Fsp3) is 0.158. The lowest BCUT2D eigenvalue weighted by molar-refractivity contribution is 0.0937. The third-order valence-corrected chi connectivity index (χ3v) is 3.94. The van der Waals surface area contributed by atoms with Crippen molar-refractivity contribution in [3.8, 4) is 11.4 Å². The normalized spacial score (nSPS) is 11.9. The summed E-state index contributed by atoms with van der Waals surface area (Å²) in [5, 5.41) is 12.8. The monoisotopic (exact) mass is 321 g/mol. The molecule has 2 N–H and O–H groups in total. The Morgan fingerprint density at radius 1 is 1.21 bits per heavy atom. The van der Waals surface area contributed by atoms with Gasteiger partial charge in [-0.25, -0.2) is 4.98 Å². The molecule has 0 aliphatic carbocycles. The van der Waals surface area contributed by atoms with Crippen molar-refractivity contribution >= 4 is 5.91 Å². The molecule has 2 aromatic carbocycles. The quantitative estimate of drug-likeness (QED) is 0.774. The number of rotatable bonds is 4. The largest absolute Gasteiger partial charge is 0.507 e. The van der Waals surface area contributed by atoms with E-state index >= 15 is 0 Å². The minimum atomic E-state index is -0.293. The smallest absolute Gasteiger partial charge is 0.255 e. The zero-order chi connectivity index (χ0) is 17.1. The van der Waals surface area contributed by atoms with E-state index in [1.165, 1.54) is 0 Å². The molecule has 0 fully saturated rings. The van der Waals surface area contributed by atoms with Crippen molar-refractivity contribution in [2.24, 2.45) is 0 Å². The topological polar surface area (TPSA) is 67.2 Å². The molecule has 0 bridgehead atoms. The first-order chi connectivity index (χ1) is 11.5. The molecule has 1 unspecified atom stereocenters. The molecule has 0 radical (unpaired) electrons. The zero-order valence-electron chi connectivity index (χ0n) is 13.6. The van der Waals surface area contributed by atoms with Gasteiger partial charge in [-0.05, 0) is 49.2 Å². The number of nitrogens with zero attached hydrogens (tertiary/aromatic N) is 2. The molecule has 1 aromatic heterocycles. The van der Waals surface area contributed by atoms with Gasteiger partial charge >= 0.3 is 0 Å². The highest BCUT2D eigenvalue weighted by Crippen LogP contribution is 2.21. The number of benzene rings is 2. The number of nitrogens with one attached hydrogen (secondary N) is 1. The number of phenolic OH excluding ortho intramolecular Hbond substituents is 1. The Bertz CT molecular complexity index is 840. The van der Waals surface area contributed by atoms with Crippen LogP contribution in [-0.2, 0) is 0 Å². The van der Waals surface area contributed by atoms with Crippen molar-refractivity contribution in [1.29, 1.82) is 0 Å². The Kier molecular flexibility index (Phi) is 4.33. The number of phenols is 1. The van der Waals surface area contributed by atoms with Gasteiger partial charge in [0.2, 0.25) is 0 Å². The molecule has 1 heterocycles. The highest BCUT2D eigenvalue weighted by Gasteiger charge is 2.14. The first-order valence-corrected chi connectivity index (χ1v) is 7.73. The Hall–Kier alpha value is -3.08. The van der Waals surface area contributed by atoms with E-state index < -0.39 is 0 Å². The van der Waals surface area contributed by atoms with E-state index in [-0.39, 0.29) is 23.3 Å². The lowest BCUT2D eigenvalue weighted by atomic mass is 10.1. The predicted octanol–water partition coefficient (Wildman–Crippen LogP) is 3.38. The van der Waals surface area contributed by atoms with Crippen molar-refractivity contribution < 1.29 is 9.90 Å². The number of hydrogen-bond acceptors (Lipinski definition) is 3. The summed E-state index contributed by atoms with van der Waals surface area (Å²) in [6.07, 6.45) is 5.34. The lowest BCUT2D eigenvalue weighted by Crippen LogP contribution is -2.26. The van der Waals surface area contributed by atoms with Gasteiger partial charge in [-0.1, -0.05) is 18.2 Å². The minimum absolute atomic E-state index is 0.00449. The van der Waals surface area contributed by atoms with Crippen LogP contribution in [0.15, 0.2) is 61.2 Å². The molecule has 3 aromatic rings. The Morgan fingerprint density at radius 3 is 2.58 bits per heavy atom. The van der Waals surface area contributed by atoms with Crippen molar-refractivity contribution in [1.82, 2.24) is 14.9 Å². The second kappa shape index (κ2) is 6.58. The molecular formula is C19H19N3O2. The van der Waals surface area contributed by atoms with Crippen LogP contribution in [0.3, 0.4) is 0 Å². The van der Waals surface area contributed by atoms with Crippen LogP contribution in [0.25, 0.3) is 5.69 Å². The van der Waals surface area contributed by atoms with E-state index in [2.05, 4.69) is 10.3 Å². The van der Waals surface area contributed by atoms with Gasteiger partial charge in [-0.15, -0.1) is 0 Å². The standard InChI is InChI=1S/C19H19N3O2/c1-13-3-8-17(18(23)11-13)19(24)21-14(2)15-4-6-16(7-5-15)22-10-9-20-12-22/h3-12,14,23H,1-2H3,(H,21,24). The van der Waals surface area contributed by atoms with Crippen LogP contribution >= 0.6 is 0 Å². The van der Waals surface area contributed by atoms with Gasteiger partial charge in [0.15, 0.2) is 0 Å². The van der Waals surface area contributed by atoms with E-state index in [1.54, 1.807) is 30.7 Å². The number of aromatic hydroxyl groups is 1. The highest BCUT2D eigenvalue weighted by molar-refractivity contribution is 5.97. The molecule has 0 aliphatic heterocycles. The summed E-state index contributed by atoms with van der Waals surface area (Å²) >= 11 is 0. The second-order valence-electron chi connectivity index (χ2n) is 5.78. The number of aryl methyl sites for hydroxylation is 1. The summed E-state index contributed by atoms with van der Waals surface area (Å²) in [5.74, 6) is -0.297. The van der Waals surface area contributed by atoms with Crippen LogP contribution in [-0.4, -0.2) is 20.6 Å². The van der Waals surface area contributed by atoms with E-state index in [4.69, 9.17) is 0 Å². The summed E-state index contributed by atoms with van der Waals surface area (Å²) in [4.78, 5) is 16.4. The van der Waals surface area contributed by atoms with Crippen molar-refractivity contribution in [3.63, 3.8) is 0 Å². The van der Waals surface area contributed by atoms with Gasteiger partial charge in [0, 0.05) is 18.1 Å². The number of imidazole rings is 1. The second-order valence-corrected chi connectivity index (χ2v) is 5.78. The molecule has 0 saturated carbocycles. The predicted molar refractivity (Wildman–Crippen MR) is 92.3 cm³/mol. The van der Waals surface area contributed by atoms with Gasteiger partial charge in [0.1, 0.15) is 5.75 Å². The summed E-state index contributed by atoms with van der Waals surface area (Å²) in [6, 6.07) is 12.7. The molecule has 5 heteroatoms. The SMILES string of the molecule is Cc1ccc(C(=O)NC(C)c2ccc(-n3ccnc3)cc2)c(O)c1. The van der Waals surface area contributed by atoms with Gasteiger partial charge < -0.3 is 15.0 Å². The maximum Gasteiger partial charge on any atom is 0.255 e. The van der Waals surface area contributed by atoms with Gasteiger partial charge in [0.05, 0.1) is 17.9 Å². The van der Waals surface area contributed by atoms with Gasteiger partial charge in [0.25, 0.3) is 5.91 Å². The van der Waals surface area contributed by atoms with Gasteiger partial charge in [-0.3, -0.25) is 4.79 Å². The molecular weight excluding hydrogens is 302 g/mol. The van der Waals surface area contributed by atoms with Crippen LogP contribution in [0.1, 0.15) is 34.5 Å². The lowest BCUT2D eigenvalue weighted by Gasteiger charge is -2.15. The van der Waals surface area contributed by atoms with Crippen LogP contribution in [0, 0.1) is 6.92 Å². The molecule has 122 valence electrons. The first-order valence-electron chi connectivity index (χ1n) is 7.73. The number of carbonyl (C=O) groups is 1. The minimum Gasteiger partial charge on any atom is -0.507 e. The highest BCUT2D eigenvalue weighted by atomic mass is 16.3. The van der Waals surface area contributed by atoms with Gasteiger partial charge in [-0.2, -0.15) is 0 Å². The molecule has 0 saturated heterocycles. The summed E-state index contributed by atoms with van der Waals surface area (Å²) in [6.45, 7) is 3.78. The van der Waals surface area contributed by atoms with Crippen molar-refractivity contribution in [2.45, 2.75) is 19.9 Å². The third-order valence-electron chi connectivity index (χ3n) is 3.94. The third kappa shape index (κ3) is 3.30. The van der Waals surface area contributed by atoms with E-state index in [9.17, 15) is 9.90 Å². The molecule has 3 rings (SSSR count). The summed E-state index contributed by atoms with van der Waals surface area (Å²) in [5.41, 5.74) is 3.18. The maximum atomic E-state index is 12.3. The maximum absolute atomic E-state index is 12.3. The average molecular weight is 321 g/mol. The Morgan fingerprint density at radius 2 is 1.96 bits per heavy atom. The molecule has 1 atom stereocenters. The molecule has 5 nitrogen and oxygen atoms in total. The first kappa shape index (κ1) is 15.8. The van der Waals surface area contributed by atoms with E-state index in [1.807, 2.05) is 48.9 Å². The van der Waals surface area contributed by atoms with Crippen molar-refractivity contribution in [2.75, 3.05) is 0 Å². The van der Waals surface area contributed by atoms with Crippen LogP contribution in [0.4, 0.5) is 0 Å².